The highest BCUT2D eigenvalue weighted by Gasteiger charge is 2.45. The molecule has 0 atom stereocenters. The Morgan fingerprint density at radius 2 is 1.00 bits per heavy atom. The second-order valence-corrected chi connectivity index (χ2v) is 13.8. The maximum absolute atomic E-state index is 12.4. The Labute approximate surface area is 217 Å². The number of unbranched alkanes of at least 4 members (excludes halogenated alkanes) is 4. The van der Waals surface area contributed by atoms with Gasteiger partial charge in [-0.1, -0.05) is 25.8 Å². The van der Waals surface area contributed by atoms with E-state index < -0.39 is 0 Å². The lowest BCUT2D eigenvalue weighted by atomic mass is 9.78. The van der Waals surface area contributed by atoms with Gasteiger partial charge < -0.3 is 9.47 Å². The van der Waals surface area contributed by atoms with Gasteiger partial charge >= 0.3 is 5.97 Å². The van der Waals surface area contributed by atoms with Gasteiger partial charge in [0.05, 0.1) is 5.76 Å². The quantitative estimate of drug-likeness (QED) is 0.175. The lowest BCUT2D eigenvalue weighted by Crippen LogP contribution is -2.60. The number of hydrogen-bond acceptors (Lipinski definition) is 5. The molecule has 5 nitrogen and oxygen atoms in total. The third-order valence-corrected chi connectivity index (χ3v) is 9.01. The second kappa shape index (κ2) is 11.5. The summed E-state index contributed by atoms with van der Waals surface area (Å²) in [5, 5.41) is 0. The predicted molar refractivity (Wildman–Crippen MR) is 147 cm³/mol. The van der Waals surface area contributed by atoms with E-state index in [-0.39, 0.29) is 40.3 Å². The van der Waals surface area contributed by atoms with Crippen molar-refractivity contribution < 1.29 is 14.3 Å². The van der Waals surface area contributed by atoms with Crippen molar-refractivity contribution in [1.82, 2.24) is 9.80 Å². The van der Waals surface area contributed by atoms with Gasteiger partial charge in [0.25, 0.3) is 0 Å². The predicted octanol–water partition coefficient (Wildman–Crippen LogP) is 7.09. The van der Waals surface area contributed by atoms with E-state index in [4.69, 9.17) is 9.47 Å². The lowest BCUT2D eigenvalue weighted by molar-refractivity contribution is -0.159. The van der Waals surface area contributed by atoms with Gasteiger partial charge in [0.15, 0.2) is 0 Å². The molecule has 35 heavy (non-hydrogen) atoms. The lowest BCUT2D eigenvalue weighted by Gasteiger charge is -2.53. The number of carbonyl (C=O) groups excluding carboxylic acids is 1. The van der Waals surface area contributed by atoms with Crippen molar-refractivity contribution in [1.29, 1.82) is 0 Å². The molecule has 0 aromatic heterocycles. The molecule has 0 bridgehead atoms. The standard InChI is InChI=1S/C30H56N2O3/c1-23(34-24-19-27(2,3)31(10)28(4,5)20-24)17-15-13-12-14-16-18-26(33)35-25-21-29(6,7)32(11)30(8,9)22-25/h24-25H,1,12-22H2,2-11H3. The van der Waals surface area contributed by atoms with Crippen LogP contribution in [0.5, 0.6) is 0 Å². The maximum atomic E-state index is 12.4. The smallest absolute Gasteiger partial charge is 0.306 e. The number of rotatable bonds is 11. The van der Waals surface area contributed by atoms with E-state index in [9.17, 15) is 4.79 Å². The van der Waals surface area contributed by atoms with Crippen molar-refractivity contribution >= 4 is 5.97 Å². The number of allylic oxidation sites excluding steroid dienone is 1. The highest BCUT2D eigenvalue weighted by Crippen LogP contribution is 2.39. The first-order valence-electron chi connectivity index (χ1n) is 14.0. The highest BCUT2D eigenvalue weighted by molar-refractivity contribution is 5.69. The van der Waals surface area contributed by atoms with Crippen LogP contribution in [0.1, 0.15) is 126 Å². The van der Waals surface area contributed by atoms with Gasteiger partial charge in [-0.15, -0.1) is 0 Å². The fourth-order valence-electron chi connectivity index (χ4n) is 6.39. The van der Waals surface area contributed by atoms with Crippen LogP contribution >= 0.6 is 0 Å². The van der Waals surface area contributed by atoms with Crippen LogP contribution in [0.3, 0.4) is 0 Å². The zero-order valence-corrected chi connectivity index (χ0v) is 24.8. The van der Waals surface area contributed by atoms with Crippen molar-refractivity contribution in [2.45, 2.75) is 160 Å². The van der Waals surface area contributed by atoms with Gasteiger partial charge in [0, 0.05) is 60.7 Å². The summed E-state index contributed by atoms with van der Waals surface area (Å²) in [5.41, 5.74) is 0.349. The molecule has 0 saturated carbocycles. The molecule has 0 amide bonds. The van der Waals surface area contributed by atoms with Crippen molar-refractivity contribution in [2.24, 2.45) is 0 Å². The zero-order valence-electron chi connectivity index (χ0n) is 24.8. The molecule has 0 aliphatic carbocycles. The minimum absolute atomic E-state index is 0.0235. The van der Waals surface area contributed by atoms with Gasteiger partial charge in [-0.2, -0.15) is 0 Å². The Kier molecular flexibility index (Phi) is 9.95. The average Bonchev–Trinajstić information content (AvgIpc) is 2.68. The first-order valence-corrected chi connectivity index (χ1v) is 14.0. The molecule has 2 aliphatic rings. The number of nitrogens with zero attached hydrogens (tertiary/aromatic N) is 2. The third-order valence-electron chi connectivity index (χ3n) is 9.01. The molecular formula is C30H56N2O3. The molecule has 0 aromatic rings. The van der Waals surface area contributed by atoms with E-state index in [1.165, 1.54) is 0 Å². The average molecular weight is 493 g/mol. The number of hydrogen-bond donors (Lipinski definition) is 0. The van der Waals surface area contributed by atoms with Crippen molar-refractivity contribution in [3.05, 3.63) is 12.3 Å². The van der Waals surface area contributed by atoms with Gasteiger partial charge in [0.1, 0.15) is 12.2 Å². The Morgan fingerprint density at radius 3 is 1.43 bits per heavy atom. The van der Waals surface area contributed by atoms with Crippen LogP contribution in [0.15, 0.2) is 12.3 Å². The Bertz CT molecular complexity index is 629. The van der Waals surface area contributed by atoms with Gasteiger partial charge in [-0.25, -0.2) is 0 Å². The molecule has 0 unspecified atom stereocenters. The summed E-state index contributed by atoms with van der Waals surface area (Å²) in [7, 11) is 4.40. The molecule has 2 aliphatic heterocycles. The largest absolute Gasteiger partial charge is 0.495 e. The van der Waals surface area contributed by atoms with Crippen LogP contribution in [0.25, 0.3) is 0 Å². The summed E-state index contributed by atoms with van der Waals surface area (Å²) in [5.74, 6) is 0.899. The molecule has 0 radical (unpaired) electrons. The van der Waals surface area contributed by atoms with Gasteiger partial charge in [-0.05, 0) is 82.3 Å². The zero-order chi connectivity index (χ0) is 26.7. The third kappa shape index (κ3) is 8.49. The van der Waals surface area contributed by atoms with Gasteiger partial charge in [-0.3, -0.25) is 14.6 Å². The SMILES string of the molecule is C=C(CCCCCCCC(=O)OC1CC(C)(C)N(C)C(C)(C)C1)OC1CC(C)(C)N(C)C(C)(C)C1. The van der Waals surface area contributed by atoms with E-state index in [1.54, 1.807) is 0 Å². The fraction of sp³-hybridized carbons (Fsp3) is 0.900. The van der Waals surface area contributed by atoms with E-state index in [0.717, 1.165) is 70.0 Å². The van der Waals surface area contributed by atoms with Crippen LogP contribution < -0.4 is 0 Å². The fourth-order valence-corrected chi connectivity index (χ4v) is 6.39. The van der Waals surface area contributed by atoms with E-state index >= 15 is 0 Å². The van der Waals surface area contributed by atoms with E-state index in [0.29, 0.717) is 6.42 Å². The summed E-state index contributed by atoms with van der Waals surface area (Å²) in [6, 6.07) is 0. The topological polar surface area (TPSA) is 42.0 Å². The summed E-state index contributed by atoms with van der Waals surface area (Å²) >= 11 is 0. The van der Waals surface area contributed by atoms with Crippen LogP contribution in [-0.4, -0.2) is 64.2 Å². The number of ether oxygens (including phenoxy) is 2. The minimum Gasteiger partial charge on any atom is -0.495 e. The van der Waals surface area contributed by atoms with E-state index in [1.807, 2.05) is 0 Å². The van der Waals surface area contributed by atoms with Crippen molar-refractivity contribution in [3.63, 3.8) is 0 Å². The van der Waals surface area contributed by atoms with Crippen molar-refractivity contribution in [2.75, 3.05) is 14.1 Å². The summed E-state index contributed by atoms with van der Waals surface area (Å²) in [6.45, 7) is 22.4. The summed E-state index contributed by atoms with van der Waals surface area (Å²) < 4.78 is 12.2. The monoisotopic (exact) mass is 492 g/mol. The van der Waals surface area contributed by atoms with Crippen molar-refractivity contribution in [3.8, 4) is 0 Å². The number of likely N-dealkylation sites (tertiary alicyclic amines) is 2. The number of piperidine rings is 2. The Morgan fingerprint density at radius 1 is 0.657 bits per heavy atom. The Balaban J connectivity index is 1.58. The van der Waals surface area contributed by atoms with Crippen LogP contribution in [0, 0.1) is 0 Å². The van der Waals surface area contributed by atoms with Crippen LogP contribution in [-0.2, 0) is 14.3 Å². The molecule has 2 fully saturated rings. The molecule has 0 spiro atoms. The number of esters is 1. The van der Waals surface area contributed by atoms with Crippen LogP contribution in [0.4, 0.5) is 0 Å². The molecular weight excluding hydrogens is 436 g/mol. The molecule has 5 heteroatoms. The Hall–Kier alpha value is -1.07. The first-order chi connectivity index (χ1) is 16.0. The molecule has 2 saturated heterocycles. The normalized spacial score (nSPS) is 24.7. The second-order valence-electron chi connectivity index (χ2n) is 13.8. The molecule has 0 N–H and O–H groups in total. The summed E-state index contributed by atoms with van der Waals surface area (Å²) in [4.78, 5) is 17.3. The summed E-state index contributed by atoms with van der Waals surface area (Å²) in [6.07, 6.45) is 11.0. The molecule has 204 valence electrons. The number of carbonyl (C=O) groups is 1. The van der Waals surface area contributed by atoms with E-state index in [2.05, 4.69) is 85.9 Å². The van der Waals surface area contributed by atoms with Crippen LogP contribution in [0.2, 0.25) is 0 Å². The van der Waals surface area contributed by atoms with Gasteiger partial charge in [0.2, 0.25) is 0 Å². The molecule has 2 rings (SSSR count). The molecule has 0 aromatic carbocycles. The molecule has 2 heterocycles. The maximum Gasteiger partial charge on any atom is 0.306 e. The highest BCUT2D eigenvalue weighted by atomic mass is 16.5. The first kappa shape index (κ1) is 30.2. The minimum atomic E-state index is -0.0306.